The number of H-pyrrole nitrogens is 1. The van der Waals surface area contributed by atoms with Gasteiger partial charge in [0.25, 0.3) is 0 Å². The van der Waals surface area contributed by atoms with Gasteiger partial charge in [0, 0.05) is 18.0 Å². The number of carbonyl (C=O) groups is 1. The number of carbonyl (C=O) groups excluding carboxylic acids is 1. The third-order valence-corrected chi connectivity index (χ3v) is 5.60. The minimum absolute atomic E-state index is 0.135. The molecule has 0 unspecified atom stereocenters. The average molecular weight is 368 g/mol. The second-order valence-electron chi connectivity index (χ2n) is 7.00. The lowest BCUT2D eigenvalue weighted by atomic mass is 9.64. The van der Waals surface area contributed by atoms with Crippen LogP contribution in [-0.2, 0) is 16.6 Å². The van der Waals surface area contributed by atoms with Gasteiger partial charge in [0.05, 0.1) is 16.4 Å². The summed E-state index contributed by atoms with van der Waals surface area (Å²) in [6, 6.07) is 15.7. The lowest BCUT2D eigenvalue weighted by molar-refractivity contribution is -0.129. The number of imidazole rings is 1. The van der Waals surface area contributed by atoms with E-state index in [0.717, 1.165) is 54.5 Å². The van der Waals surface area contributed by atoms with Gasteiger partial charge in [0.15, 0.2) is 0 Å². The van der Waals surface area contributed by atoms with Gasteiger partial charge in [-0.05, 0) is 49.1 Å². The zero-order chi connectivity index (χ0) is 18.0. The lowest BCUT2D eigenvalue weighted by Gasteiger charge is -2.40. The summed E-state index contributed by atoms with van der Waals surface area (Å²) in [5.74, 6) is 1.10. The summed E-state index contributed by atoms with van der Waals surface area (Å²) in [4.78, 5) is 20.7. The largest absolute Gasteiger partial charge is 0.355 e. The Labute approximate surface area is 158 Å². The van der Waals surface area contributed by atoms with E-state index < -0.39 is 0 Å². The molecule has 1 amide bonds. The van der Waals surface area contributed by atoms with E-state index in [1.165, 1.54) is 0 Å². The number of nitrogens with one attached hydrogen (secondary N) is 2. The fourth-order valence-corrected chi connectivity index (χ4v) is 3.82. The zero-order valence-electron chi connectivity index (χ0n) is 14.6. The highest BCUT2D eigenvalue weighted by Crippen LogP contribution is 2.44. The maximum Gasteiger partial charge on any atom is 0.230 e. The van der Waals surface area contributed by atoms with Crippen LogP contribution in [0.2, 0.25) is 5.02 Å². The Bertz CT molecular complexity index is 879. The highest BCUT2D eigenvalue weighted by Gasteiger charge is 2.45. The van der Waals surface area contributed by atoms with Crippen LogP contribution in [0.4, 0.5) is 0 Å². The number of nitrogens with zero attached hydrogens (tertiary/aromatic N) is 1. The lowest BCUT2D eigenvalue weighted by Crippen LogP contribution is -2.49. The molecule has 26 heavy (non-hydrogen) atoms. The molecule has 134 valence electrons. The summed E-state index contributed by atoms with van der Waals surface area (Å²) in [6.07, 6.45) is 4.59. The van der Waals surface area contributed by atoms with Crippen LogP contribution in [0, 0.1) is 0 Å². The van der Waals surface area contributed by atoms with Crippen molar-refractivity contribution in [3.63, 3.8) is 0 Å². The van der Waals surface area contributed by atoms with Crippen LogP contribution in [0.1, 0.15) is 37.1 Å². The molecule has 0 radical (unpaired) electrons. The fourth-order valence-electron chi connectivity index (χ4n) is 3.70. The van der Waals surface area contributed by atoms with Gasteiger partial charge in [-0.3, -0.25) is 4.79 Å². The van der Waals surface area contributed by atoms with Crippen molar-refractivity contribution >= 4 is 28.5 Å². The molecule has 0 saturated heterocycles. The molecule has 0 atom stereocenters. The Morgan fingerprint density at radius 1 is 1.15 bits per heavy atom. The first-order valence-corrected chi connectivity index (χ1v) is 9.53. The number of fused-ring (bicyclic) bond motifs is 1. The molecular weight excluding hydrogens is 346 g/mol. The van der Waals surface area contributed by atoms with Crippen molar-refractivity contribution in [2.75, 3.05) is 6.54 Å². The van der Waals surface area contributed by atoms with Crippen LogP contribution in [0.3, 0.4) is 0 Å². The number of benzene rings is 2. The molecule has 1 saturated carbocycles. The van der Waals surface area contributed by atoms with Gasteiger partial charge < -0.3 is 10.3 Å². The van der Waals surface area contributed by atoms with Crippen LogP contribution in [0.5, 0.6) is 0 Å². The van der Waals surface area contributed by atoms with Crippen molar-refractivity contribution in [3.8, 4) is 0 Å². The summed E-state index contributed by atoms with van der Waals surface area (Å²) in [7, 11) is 0. The first-order valence-electron chi connectivity index (χ1n) is 9.15. The van der Waals surface area contributed by atoms with Crippen LogP contribution in [0.25, 0.3) is 11.0 Å². The van der Waals surface area contributed by atoms with E-state index in [1.807, 2.05) is 48.5 Å². The first kappa shape index (κ1) is 17.1. The summed E-state index contributed by atoms with van der Waals surface area (Å²) >= 11 is 5.98. The molecule has 4 nitrogen and oxygen atoms in total. The van der Waals surface area contributed by atoms with Gasteiger partial charge in [-0.15, -0.1) is 0 Å². The van der Waals surface area contributed by atoms with Gasteiger partial charge in [-0.25, -0.2) is 4.98 Å². The van der Waals surface area contributed by atoms with Crippen molar-refractivity contribution in [2.24, 2.45) is 0 Å². The van der Waals surface area contributed by atoms with Crippen molar-refractivity contribution < 1.29 is 4.79 Å². The van der Waals surface area contributed by atoms with E-state index in [4.69, 9.17) is 11.6 Å². The Balaban J connectivity index is 1.33. The van der Waals surface area contributed by atoms with Crippen molar-refractivity contribution in [1.82, 2.24) is 15.3 Å². The number of hydrogen-bond acceptors (Lipinski definition) is 2. The Morgan fingerprint density at radius 3 is 2.62 bits per heavy atom. The van der Waals surface area contributed by atoms with Gasteiger partial charge in [0.2, 0.25) is 5.91 Å². The molecule has 0 spiro atoms. The molecule has 2 N–H and O–H groups in total. The summed E-state index contributed by atoms with van der Waals surface area (Å²) < 4.78 is 0. The molecule has 2 aromatic carbocycles. The molecule has 1 fully saturated rings. The quantitative estimate of drug-likeness (QED) is 0.635. The van der Waals surface area contributed by atoms with E-state index in [1.54, 1.807) is 0 Å². The second-order valence-corrected chi connectivity index (χ2v) is 7.44. The molecule has 3 aromatic rings. The standard InChI is InChI=1S/C21H22ClN3O/c22-16-10-8-15(9-11-16)21(12-4-13-21)20(26)23-14-3-7-19-24-17-5-1-2-6-18(17)25-19/h1-2,5-6,8-11H,3-4,7,12-14H2,(H,23,26)(H,24,25). The molecule has 1 heterocycles. The number of aromatic amines is 1. The SMILES string of the molecule is O=C(NCCCc1nc2ccccc2[nH]1)C1(c2ccc(Cl)cc2)CCC1. The number of aryl methyl sites for hydroxylation is 1. The normalized spacial score (nSPS) is 15.6. The molecule has 1 aromatic heterocycles. The summed E-state index contributed by atoms with van der Waals surface area (Å²) in [5.41, 5.74) is 2.75. The van der Waals surface area contributed by atoms with Gasteiger partial charge in [0.1, 0.15) is 5.82 Å². The number of aromatic nitrogens is 2. The molecule has 4 rings (SSSR count). The van der Waals surface area contributed by atoms with Crippen molar-refractivity contribution in [3.05, 3.63) is 64.9 Å². The molecule has 1 aliphatic rings. The fraction of sp³-hybridized carbons (Fsp3) is 0.333. The van der Waals surface area contributed by atoms with Crippen LogP contribution in [-0.4, -0.2) is 22.4 Å². The number of para-hydroxylation sites is 2. The minimum Gasteiger partial charge on any atom is -0.355 e. The second kappa shape index (κ2) is 7.12. The number of hydrogen-bond donors (Lipinski definition) is 2. The highest BCUT2D eigenvalue weighted by molar-refractivity contribution is 6.30. The number of halogens is 1. The van der Waals surface area contributed by atoms with Crippen molar-refractivity contribution in [1.29, 1.82) is 0 Å². The summed E-state index contributed by atoms with van der Waals surface area (Å²) in [5, 5.41) is 3.83. The maximum absolute atomic E-state index is 12.8. The van der Waals surface area contributed by atoms with E-state index in [0.29, 0.717) is 11.6 Å². The molecule has 5 heteroatoms. The topological polar surface area (TPSA) is 57.8 Å². The predicted octanol–water partition coefficient (Wildman–Crippen LogP) is 4.39. The van der Waals surface area contributed by atoms with Gasteiger partial charge in [-0.1, -0.05) is 42.3 Å². The first-order chi connectivity index (χ1) is 12.7. The van der Waals surface area contributed by atoms with Crippen LogP contribution < -0.4 is 5.32 Å². The third-order valence-electron chi connectivity index (χ3n) is 5.35. The molecule has 0 aliphatic heterocycles. The zero-order valence-corrected chi connectivity index (χ0v) is 15.4. The smallest absolute Gasteiger partial charge is 0.230 e. The van der Waals surface area contributed by atoms with E-state index in [-0.39, 0.29) is 11.3 Å². The third kappa shape index (κ3) is 3.21. The monoisotopic (exact) mass is 367 g/mol. The van der Waals surface area contributed by atoms with E-state index >= 15 is 0 Å². The van der Waals surface area contributed by atoms with E-state index in [9.17, 15) is 4.79 Å². The maximum atomic E-state index is 12.8. The number of amides is 1. The molecular formula is C21H22ClN3O. The Hall–Kier alpha value is -2.33. The number of rotatable bonds is 6. The highest BCUT2D eigenvalue weighted by atomic mass is 35.5. The van der Waals surface area contributed by atoms with Crippen LogP contribution in [0.15, 0.2) is 48.5 Å². The molecule has 1 aliphatic carbocycles. The van der Waals surface area contributed by atoms with Crippen LogP contribution >= 0.6 is 11.6 Å². The summed E-state index contributed by atoms with van der Waals surface area (Å²) in [6.45, 7) is 0.658. The van der Waals surface area contributed by atoms with Crippen molar-refractivity contribution in [2.45, 2.75) is 37.5 Å². The van der Waals surface area contributed by atoms with Gasteiger partial charge in [-0.2, -0.15) is 0 Å². The Morgan fingerprint density at radius 2 is 1.92 bits per heavy atom. The molecule has 0 bridgehead atoms. The van der Waals surface area contributed by atoms with E-state index in [2.05, 4.69) is 15.3 Å². The average Bonchev–Trinajstić information content (AvgIpc) is 3.02. The predicted molar refractivity (Wildman–Crippen MR) is 104 cm³/mol. The Kier molecular flexibility index (Phi) is 4.68. The minimum atomic E-state index is -0.371. The van der Waals surface area contributed by atoms with Gasteiger partial charge >= 0.3 is 0 Å².